The SMILES string of the molecule is COC(=O)c1ccc(-c2oc(C)c3c2[C@@H]2COCCN2C2C=CC=CC2C3)cc1. The third-order valence-corrected chi connectivity index (χ3v) is 6.36. The van der Waals surface area contributed by atoms with Crippen LogP contribution in [0, 0.1) is 12.8 Å². The largest absolute Gasteiger partial charge is 0.465 e. The van der Waals surface area contributed by atoms with Crippen LogP contribution in [-0.4, -0.2) is 43.8 Å². The van der Waals surface area contributed by atoms with Crippen molar-refractivity contribution in [1.29, 1.82) is 0 Å². The Morgan fingerprint density at radius 3 is 2.76 bits per heavy atom. The average Bonchev–Trinajstić information content (AvgIpc) is 3.01. The van der Waals surface area contributed by atoms with Gasteiger partial charge in [0.05, 0.1) is 31.9 Å². The van der Waals surface area contributed by atoms with E-state index in [2.05, 4.69) is 36.1 Å². The van der Waals surface area contributed by atoms with Crippen LogP contribution in [0.1, 0.15) is 33.3 Å². The van der Waals surface area contributed by atoms with Gasteiger partial charge in [0, 0.05) is 29.6 Å². The van der Waals surface area contributed by atoms with E-state index in [1.165, 1.54) is 18.2 Å². The van der Waals surface area contributed by atoms with Gasteiger partial charge in [-0.2, -0.15) is 0 Å². The number of benzene rings is 1. The predicted molar refractivity (Wildman–Crippen MR) is 110 cm³/mol. The molecule has 150 valence electrons. The molecule has 1 aromatic heterocycles. The highest BCUT2D eigenvalue weighted by atomic mass is 16.5. The number of methoxy groups -OCH3 is 1. The molecular weight excluding hydrogens is 366 g/mol. The van der Waals surface area contributed by atoms with Crippen molar-refractivity contribution in [2.45, 2.75) is 25.4 Å². The van der Waals surface area contributed by atoms with E-state index in [9.17, 15) is 4.79 Å². The monoisotopic (exact) mass is 391 g/mol. The second-order valence-electron chi connectivity index (χ2n) is 7.91. The standard InChI is InChI=1S/C24H25NO4/c1-15-19-13-18-5-3-4-6-20(18)25-11-12-28-14-21(25)22(19)23(29-15)16-7-9-17(10-8-16)24(26)27-2/h3-10,18,20-21H,11-14H2,1-2H3/t18?,20?,21-/m0/s1. The number of hydrogen-bond acceptors (Lipinski definition) is 5. The van der Waals surface area contributed by atoms with Crippen molar-refractivity contribution in [3.05, 3.63) is 71.0 Å². The lowest BCUT2D eigenvalue weighted by Crippen LogP contribution is -2.47. The molecule has 0 radical (unpaired) electrons. The molecule has 3 heterocycles. The van der Waals surface area contributed by atoms with Crippen LogP contribution in [0.2, 0.25) is 0 Å². The predicted octanol–water partition coefficient (Wildman–Crippen LogP) is 4.08. The van der Waals surface area contributed by atoms with E-state index in [1.807, 2.05) is 12.1 Å². The fraction of sp³-hybridized carbons (Fsp3) is 0.375. The molecule has 5 rings (SSSR count). The lowest BCUT2D eigenvalue weighted by molar-refractivity contribution is -0.0255. The van der Waals surface area contributed by atoms with Crippen LogP contribution in [0.4, 0.5) is 0 Å². The number of furan rings is 1. The molecule has 1 aliphatic carbocycles. The summed E-state index contributed by atoms with van der Waals surface area (Å²) >= 11 is 0. The summed E-state index contributed by atoms with van der Waals surface area (Å²) in [4.78, 5) is 14.4. The second kappa shape index (κ2) is 7.32. The van der Waals surface area contributed by atoms with Crippen LogP contribution in [0.5, 0.6) is 0 Å². The van der Waals surface area contributed by atoms with E-state index in [4.69, 9.17) is 13.9 Å². The summed E-state index contributed by atoms with van der Waals surface area (Å²) in [5, 5.41) is 0. The van der Waals surface area contributed by atoms with E-state index in [0.717, 1.165) is 36.7 Å². The molecular formula is C24H25NO4. The fourth-order valence-electron chi connectivity index (χ4n) is 4.94. The summed E-state index contributed by atoms with van der Waals surface area (Å²) in [5.74, 6) is 1.97. The van der Waals surface area contributed by atoms with Crippen molar-refractivity contribution in [3.8, 4) is 11.3 Å². The average molecular weight is 391 g/mol. The number of esters is 1. The minimum Gasteiger partial charge on any atom is -0.465 e. The highest BCUT2D eigenvalue weighted by Crippen LogP contribution is 2.45. The molecule has 0 N–H and O–H groups in total. The number of allylic oxidation sites excluding steroid dienone is 2. The molecule has 1 saturated heterocycles. The molecule has 29 heavy (non-hydrogen) atoms. The topological polar surface area (TPSA) is 51.9 Å². The zero-order valence-corrected chi connectivity index (χ0v) is 16.8. The summed E-state index contributed by atoms with van der Waals surface area (Å²) in [6, 6.07) is 8.02. The Balaban J connectivity index is 1.61. The minimum atomic E-state index is -0.333. The first kappa shape index (κ1) is 18.4. The molecule has 3 aliphatic rings. The van der Waals surface area contributed by atoms with Crippen molar-refractivity contribution in [2.75, 3.05) is 26.9 Å². The summed E-state index contributed by atoms with van der Waals surface area (Å²) in [7, 11) is 1.39. The van der Waals surface area contributed by atoms with Gasteiger partial charge in [-0.1, -0.05) is 36.4 Å². The van der Waals surface area contributed by atoms with E-state index < -0.39 is 0 Å². The highest BCUT2D eigenvalue weighted by molar-refractivity contribution is 5.90. The summed E-state index contributed by atoms with van der Waals surface area (Å²) in [6.45, 7) is 4.39. The molecule has 1 fully saturated rings. The molecule has 5 nitrogen and oxygen atoms in total. The Kier molecular flexibility index (Phi) is 4.64. The van der Waals surface area contributed by atoms with Crippen molar-refractivity contribution < 1.29 is 18.7 Å². The van der Waals surface area contributed by atoms with Gasteiger partial charge < -0.3 is 13.9 Å². The first-order valence-corrected chi connectivity index (χ1v) is 10.2. The van der Waals surface area contributed by atoms with Crippen LogP contribution < -0.4 is 0 Å². The lowest BCUT2D eigenvalue weighted by Gasteiger charge is -2.41. The van der Waals surface area contributed by atoms with Gasteiger partial charge in [0.15, 0.2) is 0 Å². The van der Waals surface area contributed by atoms with E-state index >= 15 is 0 Å². The van der Waals surface area contributed by atoms with Gasteiger partial charge >= 0.3 is 5.97 Å². The molecule has 1 aromatic carbocycles. The maximum Gasteiger partial charge on any atom is 0.337 e. The van der Waals surface area contributed by atoms with Gasteiger partial charge in [0.1, 0.15) is 11.5 Å². The Hall–Kier alpha value is -2.63. The number of fused-ring (bicyclic) bond motifs is 5. The Morgan fingerprint density at radius 2 is 1.97 bits per heavy atom. The molecule has 0 amide bonds. The molecule has 0 bridgehead atoms. The number of nitrogens with zero attached hydrogens (tertiary/aromatic N) is 1. The summed E-state index contributed by atoms with van der Waals surface area (Å²) < 4.78 is 17.1. The first-order valence-electron chi connectivity index (χ1n) is 10.2. The maximum absolute atomic E-state index is 11.8. The molecule has 0 spiro atoms. The zero-order valence-electron chi connectivity index (χ0n) is 16.8. The third kappa shape index (κ3) is 3.05. The molecule has 0 saturated carbocycles. The number of rotatable bonds is 2. The van der Waals surface area contributed by atoms with Gasteiger partial charge in [-0.3, -0.25) is 4.90 Å². The Labute approximate surface area is 170 Å². The molecule has 5 heteroatoms. The van der Waals surface area contributed by atoms with Crippen LogP contribution in [0.3, 0.4) is 0 Å². The summed E-state index contributed by atoms with van der Waals surface area (Å²) in [5.41, 5.74) is 4.05. The molecule has 2 unspecified atom stereocenters. The van der Waals surface area contributed by atoms with Crippen molar-refractivity contribution >= 4 is 5.97 Å². The van der Waals surface area contributed by atoms with E-state index in [-0.39, 0.29) is 12.0 Å². The fourth-order valence-corrected chi connectivity index (χ4v) is 4.94. The van der Waals surface area contributed by atoms with Gasteiger partial charge in [-0.25, -0.2) is 4.79 Å². The van der Waals surface area contributed by atoms with Gasteiger partial charge in [-0.05, 0) is 31.0 Å². The third-order valence-electron chi connectivity index (χ3n) is 6.36. The Bertz CT molecular complexity index is 985. The minimum absolute atomic E-state index is 0.164. The molecule has 2 aromatic rings. The van der Waals surface area contributed by atoms with E-state index in [0.29, 0.717) is 24.1 Å². The smallest absolute Gasteiger partial charge is 0.337 e. The highest BCUT2D eigenvalue weighted by Gasteiger charge is 2.41. The van der Waals surface area contributed by atoms with Gasteiger partial charge in [0.25, 0.3) is 0 Å². The van der Waals surface area contributed by atoms with Crippen LogP contribution >= 0.6 is 0 Å². The Morgan fingerprint density at radius 1 is 1.17 bits per heavy atom. The number of carbonyl (C=O) groups is 1. The number of carbonyl (C=O) groups excluding carboxylic acids is 1. The number of ether oxygens (including phenoxy) is 2. The second-order valence-corrected chi connectivity index (χ2v) is 7.91. The van der Waals surface area contributed by atoms with Crippen LogP contribution in [0.25, 0.3) is 11.3 Å². The lowest BCUT2D eigenvalue weighted by atomic mass is 9.88. The summed E-state index contributed by atoms with van der Waals surface area (Å²) in [6.07, 6.45) is 9.93. The number of hydrogen-bond donors (Lipinski definition) is 0. The van der Waals surface area contributed by atoms with Crippen molar-refractivity contribution in [3.63, 3.8) is 0 Å². The van der Waals surface area contributed by atoms with Crippen molar-refractivity contribution in [2.24, 2.45) is 5.92 Å². The normalized spacial score (nSPS) is 25.7. The van der Waals surface area contributed by atoms with Gasteiger partial charge in [-0.15, -0.1) is 0 Å². The zero-order chi connectivity index (χ0) is 20.0. The van der Waals surface area contributed by atoms with E-state index in [1.54, 1.807) is 12.1 Å². The quantitative estimate of drug-likeness (QED) is 0.722. The first-order chi connectivity index (χ1) is 14.2. The van der Waals surface area contributed by atoms with Crippen LogP contribution in [-0.2, 0) is 15.9 Å². The number of aryl methyl sites for hydroxylation is 1. The molecule has 2 aliphatic heterocycles. The van der Waals surface area contributed by atoms with Crippen LogP contribution in [0.15, 0.2) is 53.0 Å². The maximum atomic E-state index is 11.8. The number of morpholine rings is 1. The van der Waals surface area contributed by atoms with Crippen molar-refractivity contribution in [1.82, 2.24) is 4.90 Å². The van der Waals surface area contributed by atoms with Gasteiger partial charge in [0.2, 0.25) is 0 Å². The molecule has 3 atom stereocenters.